The Labute approximate surface area is 87.5 Å². The third-order valence-corrected chi connectivity index (χ3v) is 2.31. The number of rotatable bonds is 10. The maximum Gasteiger partial charge on any atom is 0.0664 e. The SMILES string of the molecule is CCCCCCCC(O)CNCCO. The van der Waals surface area contributed by atoms with Crippen LogP contribution in [0.5, 0.6) is 0 Å². The van der Waals surface area contributed by atoms with Crippen molar-refractivity contribution in [3.05, 3.63) is 0 Å². The molecule has 1 atom stereocenters. The van der Waals surface area contributed by atoms with E-state index in [0.717, 1.165) is 12.8 Å². The molecule has 86 valence electrons. The topological polar surface area (TPSA) is 52.5 Å². The Bertz CT molecular complexity index is 109. The molecule has 0 aliphatic rings. The van der Waals surface area contributed by atoms with Gasteiger partial charge in [0.05, 0.1) is 12.7 Å². The zero-order valence-corrected chi connectivity index (χ0v) is 9.34. The van der Waals surface area contributed by atoms with Crippen molar-refractivity contribution in [2.24, 2.45) is 0 Å². The van der Waals surface area contributed by atoms with Crippen LogP contribution >= 0.6 is 0 Å². The van der Waals surface area contributed by atoms with Gasteiger partial charge in [-0.2, -0.15) is 0 Å². The molecule has 14 heavy (non-hydrogen) atoms. The number of aliphatic hydroxyl groups excluding tert-OH is 2. The van der Waals surface area contributed by atoms with E-state index in [2.05, 4.69) is 12.2 Å². The zero-order chi connectivity index (χ0) is 10.6. The first-order valence-corrected chi connectivity index (χ1v) is 5.81. The van der Waals surface area contributed by atoms with Gasteiger partial charge in [-0.1, -0.05) is 39.0 Å². The molecule has 3 heteroatoms. The van der Waals surface area contributed by atoms with Gasteiger partial charge in [0.1, 0.15) is 0 Å². The molecular formula is C11H25NO2. The van der Waals surface area contributed by atoms with Crippen LogP contribution in [0.2, 0.25) is 0 Å². The zero-order valence-electron chi connectivity index (χ0n) is 9.34. The summed E-state index contributed by atoms with van der Waals surface area (Å²) >= 11 is 0. The highest BCUT2D eigenvalue weighted by atomic mass is 16.3. The van der Waals surface area contributed by atoms with E-state index in [1.165, 1.54) is 25.7 Å². The molecule has 0 aliphatic heterocycles. The molecule has 0 aromatic rings. The molecule has 0 radical (unpaired) electrons. The molecule has 0 bridgehead atoms. The first-order valence-electron chi connectivity index (χ1n) is 5.81. The van der Waals surface area contributed by atoms with Gasteiger partial charge in [0, 0.05) is 13.1 Å². The lowest BCUT2D eigenvalue weighted by atomic mass is 10.1. The van der Waals surface area contributed by atoms with E-state index in [-0.39, 0.29) is 12.7 Å². The molecule has 0 amide bonds. The third-order valence-electron chi connectivity index (χ3n) is 2.31. The molecule has 0 rings (SSSR count). The van der Waals surface area contributed by atoms with Gasteiger partial charge in [0.25, 0.3) is 0 Å². The molecule has 0 aromatic carbocycles. The Kier molecular flexibility index (Phi) is 10.9. The Balaban J connectivity index is 3.06. The van der Waals surface area contributed by atoms with Gasteiger partial charge in [0.15, 0.2) is 0 Å². The molecule has 0 aliphatic carbocycles. The first-order chi connectivity index (χ1) is 6.81. The maximum absolute atomic E-state index is 9.49. The monoisotopic (exact) mass is 203 g/mol. The van der Waals surface area contributed by atoms with Gasteiger partial charge in [-0.05, 0) is 6.42 Å². The highest BCUT2D eigenvalue weighted by Gasteiger charge is 2.02. The number of nitrogens with one attached hydrogen (secondary N) is 1. The van der Waals surface area contributed by atoms with Crippen LogP contribution in [0.3, 0.4) is 0 Å². The van der Waals surface area contributed by atoms with E-state index >= 15 is 0 Å². The molecule has 0 spiro atoms. The van der Waals surface area contributed by atoms with Crippen LogP contribution in [0.25, 0.3) is 0 Å². The fourth-order valence-electron chi connectivity index (χ4n) is 1.43. The van der Waals surface area contributed by atoms with Crippen molar-refractivity contribution in [2.45, 2.75) is 51.6 Å². The predicted octanol–water partition coefficient (Wildman–Crippen LogP) is 1.29. The Morgan fingerprint density at radius 2 is 1.86 bits per heavy atom. The van der Waals surface area contributed by atoms with E-state index in [4.69, 9.17) is 5.11 Å². The van der Waals surface area contributed by atoms with E-state index in [1.54, 1.807) is 0 Å². The average molecular weight is 203 g/mol. The molecule has 0 saturated carbocycles. The number of unbranched alkanes of at least 4 members (excludes halogenated alkanes) is 4. The Morgan fingerprint density at radius 1 is 1.14 bits per heavy atom. The maximum atomic E-state index is 9.49. The lowest BCUT2D eigenvalue weighted by Crippen LogP contribution is -2.28. The minimum absolute atomic E-state index is 0.142. The molecule has 3 N–H and O–H groups in total. The standard InChI is InChI=1S/C11H25NO2/c1-2-3-4-5-6-7-11(14)10-12-8-9-13/h11-14H,2-10H2,1H3. The summed E-state index contributed by atoms with van der Waals surface area (Å²) in [5, 5.41) is 21.0. The number of hydrogen-bond acceptors (Lipinski definition) is 3. The van der Waals surface area contributed by atoms with E-state index in [9.17, 15) is 5.11 Å². The van der Waals surface area contributed by atoms with Gasteiger partial charge in [0.2, 0.25) is 0 Å². The fraction of sp³-hybridized carbons (Fsp3) is 1.00. The van der Waals surface area contributed by atoms with Crippen LogP contribution in [0, 0.1) is 0 Å². The highest BCUT2D eigenvalue weighted by molar-refractivity contribution is 4.59. The van der Waals surface area contributed by atoms with Crippen molar-refractivity contribution in [1.29, 1.82) is 0 Å². The second-order valence-corrected chi connectivity index (χ2v) is 3.78. The summed E-state index contributed by atoms with van der Waals surface area (Å²) in [5.74, 6) is 0. The fourth-order valence-corrected chi connectivity index (χ4v) is 1.43. The van der Waals surface area contributed by atoms with Crippen molar-refractivity contribution < 1.29 is 10.2 Å². The summed E-state index contributed by atoms with van der Waals surface area (Å²) in [6.45, 7) is 3.53. The minimum Gasteiger partial charge on any atom is -0.395 e. The predicted molar refractivity (Wildman–Crippen MR) is 59.3 cm³/mol. The van der Waals surface area contributed by atoms with Crippen LogP contribution in [0.4, 0.5) is 0 Å². The average Bonchev–Trinajstić information content (AvgIpc) is 2.18. The van der Waals surface area contributed by atoms with Crippen molar-refractivity contribution in [3.63, 3.8) is 0 Å². The smallest absolute Gasteiger partial charge is 0.0664 e. The third kappa shape index (κ3) is 9.96. The molecule has 0 aromatic heterocycles. The van der Waals surface area contributed by atoms with Gasteiger partial charge < -0.3 is 15.5 Å². The highest BCUT2D eigenvalue weighted by Crippen LogP contribution is 2.06. The van der Waals surface area contributed by atoms with E-state index < -0.39 is 0 Å². The van der Waals surface area contributed by atoms with Crippen molar-refractivity contribution in [1.82, 2.24) is 5.32 Å². The molecule has 3 nitrogen and oxygen atoms in total. The summed E-state index contributed by atoms with van der Waals surface area (Å²) in [5.41, 5.74) is 0. The summed E-state index contributed by atoms with van der Waals surface area (Å²) in [6, 6.07) is 0. The summed E-state index contributed by atoms with van der Waals surface area (Å²) in [7, 11) is 0. The lowest BCUT2D eigenvalue weighted by Gasteiger charge is -2.10. The van der Waals surface area contributed by atoms with Crippen LogP contribution in [-0.4, -0.2) is 36.0 Å². The molecule has 0 saturated heterocycles. The van der Waals surface area contributed by atoms with Crippen LogP contribution in [-0.2, 0) is 0 Å². The van der Waals surface area contributed by atoms with Crippen molar-refractivity contribution >= 4 is 0 Å². The van der Waals surface area contributed by atoms with E-state index in [0.29, 0.717) is 13.1 Å². The summed E-state index contributed by atoms with van der Waals surface area (Å²) in [6.07, 6.45) is 6.82. The normalized spacial score (nSPS) is 13.1. The second kappa shape index (κ2) is 11.0. The lowest BCUT2D eigenvalue weighted by molar-refractivity contribution is 0.155. The van der Waals surface area contributed by atoms with Crippen molar-refractivity contribution in [2.75, 3.05) is 19.7 Å². The second-order valence-electron chi connectivity index (χ2n) is 3.78. The van der Waals surface area contributed by atoms with Crippen molar-refractivity contribution in [3.8, 4) is 0 Å². The molecule has 0 fully saturated rings. The number of hydrogen-bond donors (Lipinski definition) is 3. The van der Waals surface area contributed by atoms with Crippen LogP contribution in [0.15, 0.2) is 0 Å². The largest absolute Gasteiger partial charge is 0.395 e. The van der Waals surface area contributed by atoms with Crippen LogP contribution in [0.1, 0.15) is 45.4 Å². The van der Waals surface area contributed by atoms with Gasteiger partial charge in [-0.3, -0.25) is 0 Å². The Morgan fingerprint density at radius 3 is 2.50 bits per heavy atom. The van der Waals surface area contributed by atoms with Gasteiger partial charge >= 0.3 is 0 Å². The molecular weight excluding hydrogens is 178 g/mol. The minimum atomic E-state index is -0.247. The van der Waals surface area contributed by atoms with E-state index in [1.807, 2.05) is 0 Å². The van der Waals surface area contributed by atoms with Gasteiger partial charge in [-0.25, -0.2) is 0 Å². The quantitative estimate of drug-likeness (QED) is 0.469. The van der Waals surface area contributed by atoms with Crippen LogP contribution < -0.4 is 5.32 Å². The Hall–Kier alpha value is -0.120. The first kappa shape index (κ1) is 13.9. The summed E-state index contributed by atoms with van der Waals surface area (Å²) < 4.78 is 0. The van der Waals surface area contributed by atoms with Gasteiger partial charge in [-0.15, -0.1) is 0 Å². The number of aliphatic hydroxyl groups is 2. The summed E-state index contributed by atoms with van der Waals surface area (Å²) in [4.78, 5) is 0. The molecule has 0 heterocycles. The molecule has 1 unspecified atom stereocenters.